The number of nitrogens with one attached hydrogen (secondary N) is 2. The van der Waals surface area contributed by atoms with E-state index in [1.807, 2.05) is 12.3 Å². The molecule has 0 rings (SSSR count). The lowest BCUT2D eigenvalue weighted by Gasteiger charge is -2.01. The monoisotopic (exact) mass is 159 g/mol. The van der Waals surface area contributed by atoms with Crippen molar-refractivity contribution in [3.8, 4) is 0 Å². The van der Waals surface area contributed by atoms with Crippen molar-refractivity contribution in [2.24, 2.45) is 5.84 Å². The third-order valence-electron chi connectivity index (χ3n) is 1.11. The number of hydrogen-bond donors (Lipinski definition) is 3. The molecule has 64 valence electrons. The molecule has 0 aliphatic heterocycles. The van der Waals surface area contributed by atoms with Gasteiger partial charge in [-0.2, -0.15) is 0 Å². The Kier molecular flexibility index (Phi) is 5.10. The van der Waals surface area contributed by atoms with Gasteiger partial charge in [0.05, 0.1) is 6.54 Å². The molecule has 0 aliphatic carbocycles. The van der Waals surface area contributed by atoms with Crippen LogP contribution in [0.2, 0.25) is 0 Å². The van der Waals surface area contributed by atoms with E-state index in [2.05, 4.69) is 5.32 Å². The first-order chi connectivity index (χ1) is 5.20. The summed E-state index contributed by atoms with van der Waals surface area (Å²) in [7, 11) is 0. The predicted octanol–water partition coefficient (Wildman–Crippen LogP) is -0.471. The van der Waals surface area contributed by atoms with Crippen LogP contribution in [0.25, 0.3) is 0 Å². The standard InChI is InChI=1S/C6H13N3O2/c1-2-3-5(10)4-8-6(11)9-7/h2-4,7H2,1H3,(H2,8,9,11). The summed E-state index contributed by atoms with van der Waals surface area (Å²) >= 11 is 0. The number of hydrogen-bond acceptors (Lipinski definition) is 3. The average molecular weight is 159 g/mol. The summed E-state index contributed by atoms with van der Waals surface area (Å²) < 4.78 is 0. The molecule has 0 radical (unpaired) electrons. The molecule has 0 heterocycles. The zero-order valence-corrected chi connectivity index (χ0v) is 6.52. The zero-order chi connectivity index (χ0) is 8.69. The second-order valence-corrected chi connectivity index (χ2v) is 2.12. The van der Waals surface area contributed by atoms with E-state index in [9.17, 15) is 9.59 Å². The molecule has 4 N–H and O–H groups in total. The number of carbonyl (C=O) groups excluding carboxylic acids is 2. The van der Waals surface area contributed by atoms with E-state index in [4.69, 9.17) is 5.84 Å². The minimum Gasteiger partial charge on any atom is -0.330 e. The molecular formula is C6H13N3O2. The van der Waals surface area contributed by atoms with Gasteiger partial charge < -0.3 is 5.32 Å². The van der Waals surface area contributed by atoms with Gasteiger partial charge in [0.25, 0.3) is 0 Å². The highest BCUT2D eigenvalue weighted by Gasteiger charge is 2.01. The topological polar surface area (TPSA) is 84.2 Å². The fourth-order valence-electron chi connectivity index (χ4n) is 0.597. The fraction of sp³-hybridized carbons (Fsp3) is 0.667. The van der Waals surface area contributed by atoms with Gasteiger partial charge >= 0.3 is 6.03 Å². The van der Waals surface area contributed by atoms with Gasteiger partial charge in [0.15, 0.2) is 5.78 Å². The summed E-state index contributed by atoms with van der Waals surface area (Å²) in [4.78, 5) is 21.2. The number of nitrogens with two attached hydrogens (primary N) is 1. The van der Waals surface area contributed by atoms with Crippen molar-refractivity contribution in [1.82, 2.24) is 10.7 Å². The van der Waals surface area contributed by atoms with Crippen LogP contribution in [0.3, 0.4) is 0 Å². The number of urea groups is 1. The van der Waals surface area contributed by atoms with Crippen LogP contribution in [-0.2, 0) is 4.79 Å². The molecule has 0 atom stereocenters. The maximum absolute atomic E-state index is 10.8. The second kappa shape index (κ2) is 5.67. The summed E-state index contributed by atoms with van der Waals surface area (Å²) in [6.07, 6.45) is 1.29. The molecule has 0 saturated carbocycles. The van der Waals surface area contributed by atoms with Gasteiger partial charge in [-0.3, -0.25) is 10.2 Å². The van der Waals surface area contributed by atoms with Crippen molar-refractivity contribution in [3.63, 3.8) is 0 Å². The maximum Gasteiger partial charge on any atom is 0.329 e. The Bertz CT molecular complexity index is 147. The molecule has 0 aromatic carbocycles. The lowest BCUT2D eigenvalue weighted by molar-refractivity contribution is -0.118. The lowest BCUT2D eigenvalue weighted by atomic mass is 10.2. The van der Waals surface area contributed by atoms with Gasteiger partial charge in [0, 0.05) is 6.42 Å². The smallest absolute Gasteiger partial charge is 0.329 e. The highest BCUT2D eigenvalue weighted by atomic mass is 16.2. The van der Waals surface area contributed by atoms with Crippen LogP contribution in [0.1, 0.15) is 19.8 Å². The van der Waals surface area contributed by atoms with E-state index in [-0.39, 0.29) is 12.3 Å². The summed E-state index contributed by atoms with van der Waals surface area (Å²) in [6.45, 7) is 1.96. The number of amides is 2. The average Bonchev–Trinajstić information content (AvgIpc) is 2.01. The van der Waals surface area contributed by atoms with Gasteiger partial charge in [-0.15, -0.1) is 0 Å². The molecule has 0 bridgehead atoms. The third kappa shape index (κ3) is 5.35. The van der Waals surface area contributed by atoms with E-state index >= 15 is 0 Å². The Morgan fingerprint density at radius 1 is 1.45 bits per heavy atom. The molecule has 0 fully saturated rings. The Balaban J connectivity index is 3.38. The molecule has 5 nitrogen and oxygen atoms in total. The lowest BCUT2D eigenvalue weighted by Crippen LogP contribution is -2.41. The largest absolute Gasteiger partial charge is 0.330 e. The van der Waals surface area contributed by atoms with Crippen LogP contribution >= 0.6 is 0 Å². The molecule has 0 aliphatic rings. The molecule has 11 heavy (non-hydrogen) atoms. The Morgan fingerprint density at radius 2 is 2.09 bits per heavy atom. The number of hydrazine groups is 1. The van der Waals surface area contributed by atoms with Crippen LogP contribution < -0.4 is 16.6 Å². The van der Waals surface area contributed by atoms with Crippen molar-refractivity contribution in [1.29, 1.82) is 0 Å². The zero-order valence-electron chi connectivity index (χ0n) is 6.52. The maximum atomic E-state index is 10.8. The number of carbonyl (C=O) groups is 2. The predicted molar refractivity (Wildman–Crippen MR) is 40.6 cm³/mol. The van der Waals surface area contributed by atoms with Crippen LogP contribution in [0, 0.1) is 0 Å². The SMILES string of the molecule is CCCC(=O)CNC(=O)NN. The van der Waals surface area contributed by atoms with Crippen molar-refractivity contribution < 1.29 is 9.59 Å². The molecule has 0 unspecified atom stereocenters. The summed E-state index contributed by atoms with van der Waals surface area (Å²) in [5.74, 6) is 4.77. The molecule has 5 heteroatoms. The third-order valence-corrected chi connectivity index (χ3v) is 1.11. The molecule has 0 spiro atoms. The van der Waals surface area contributed by atoms with E-state index in [1.165, 1.54) is 0 Å². The van der Waals surface area contributed by atoms with Crippen molar-refractivity contribution >= 4 is 11.8 Å². The Morgan fingerprint density at radius 3 is 2.55 bits per heavy atom. The minimum atomic E-state index is -0.533. The molecule has 0 aromatic heterocycles. The molecule has 2 amide bonds. The van der Waals surface area contributed by atoms with Crippen LogP contribution in [0.5, 0.6) is 0 Å². The van der Waals surface area contributed by atoms with Gasteiger partial charge in [0.2, 0.25) is 0 Å². The van der Waals surface area contributed by atoms with Gasteiger partial charge in [-0.25, -0.2) is 10.6 Å². The summed E-state index contributed by atoms with van der Waals surface area (Å²) in [5.41, 5.74) is 1.86. The van der Waals surface area contributed by atoms with Crippen molar-refractivity contribution in [2.45, 2.75) is 19.8 Å². The normalized spacial score (nSPS) is 8.91. The summed E-state index contributed by atoms with van der Waals surface area (Å²) in [6, 6.07) is -0.533. The first kappa shape index (κ1) is 9.90. The fourth-order valence-corrected chi connectivity index (χ4v) is 0.597. The van der Waals surface area contributed by atoms with Crippen molar-refractivity contribution in [2.75, 3.05) is 6.54 Å². The number of rotatable bonds is 4. The quantitative estimate of drug-likeness (QED) is 0.294. The van der Waals surface area contributed by atoms with Crippen molar-refractivity contribution in [3.05, 3.63) is 0 Å². The highest BCUT2D eigenvalue weighted by molar-refractivity contribution is 5.85. The first-order valence-corrected chi connectivity index (χ1v) is 3.46. The van der Waals surface area contributed by atoms with Crippen LogP contribution in [0.15, 0.2) is 0 Å². The molecule has 0 aromatic rings. The first-order valence-electron chi connectivity index (χ1n) is 3.46. The van der Waals surface area contributed by atoms with Gasteiger partial charge in [0.1, 0.15) is 0 Å². The van der Waals surface area contributed by atoms with E-state index in [1.54, 1.807) is 0 Å². The second-order valence-electron chi connectivity index (χ2n) is 2.12. The Hall–Kier alpha value is -1.10. The highest BCUT2D eigenvalue weighted by Crippen LogP contribution is 1.86. The van der Waals surface area contributed by atoms with Crippen LogP contribution in [-0.4, -0.2) is 18.4 Å². The van der Waals surface area contributed by atoms with Gasteiger partial charge in [-0.1, -0.05) is 6.92 Å². The van der Waals surface area contributed by atoms with E-state index < -0.39 is 6.03 Å². The Labute approximate surface area is 65.3 Å². The number of Topliss-reactive ketones (excluding diaryl/α,β-unsaturated/α-hetero) is 1. The number of ketones is 1. The van der Waals surface area contributed by atoms with Crippen LogP contribution in [0.4, 0.5) is 4.79 Å². The van der Waals surface area contributed by atoms with Gasteiger partial charge in [-0.05, 0) is 6.42 Å². The molecular weight excluding hydrogens is 146 g/mol. The minimum absolute atomic E-state index is 0.0103. The van der Waals surface area contributed by atoms with E-state index in [0.29, 0.717) is 6.42 Å². The summed E-state index contributed by atoms with van der Waals surface area (Å²) in [5, 5.41) is 2.29. The molecule has 0 saturated heterocycles. The van der Waals surface area contributed by atoms with E-state index in [0.717, 1.165) is 6.42 Å².